The standard InChI is InChI=1S/C26H38N4O4/c1-27(2)23-11-7-21(8-12-23)25(31)33-19-17-29(5)15-16-30(6)18-20-34-26(32)22-9-13-24(14-10-22)28(3)4/h7-14H,15-20H2,1-6H3. The summed E-state index contributed by atoms with van der Waals surface area (Å²) >= 11 is 0. The molecule has 0 bridgehead atoms. The highest BCUT2D eigenvalue weighted by atomic mass is 16.5. The molecular formula is C26H38N4O4. The molecule has 0 N–H and O–H groups in total. The average molecular weight is 471 g/mol. The van der Waals surface area contributed by atoms with Crippen molar-refractivity contribution in [2.75, 3.05) is 91.5 Å². The van der Waals surface area contributed by atoms with Crippen LogP contribution < -0.4 is 9.80 Å². The molecule has 2 aromatic carbocycles. The highest BCUT2D eigenvalue weighted by molar-refractivity contribution is 5.90. The van der Waals surface area contributed by atoms with E-state index >= 15 is 0 Å². The van der Waals surface area contributed by atoms with E-state index in [1.165, 1.54) is 0 Å². The number of anilines is 2. The molecule has 0 aliphatic heterocycles. The van der Waals surface area contributed by atoms with Crippen molar-refractivity contribution in [3.05, 3.63) is 59.7 Å². The van der Waals surface area contributed by atoms with E-state index in [1.807, 2.05) is 76.4 Å². The normalized spacial score (nSPS) is 10.9. The van der Waals surface area contributed by atoms with Crippen LogP contribution in [0, 0.1) is 0 Å². The van der Waals surface area contributed by atoms with Gasteiger partial charge in [-0.05, 0) is 62.6 Å². The summed E-state index contributed by atoms with van der Waals surface area (Å²) in [4.78, 5) is 32.6. The van der Waals surface area contributed by atoms with Gasteiger partial charge < -0.3 is 29.1 Å². The number of likely N-dealkylation sites (N-methyl/N-ethyl adjacent to an activating group) is 2. The van der Waals surface area contributed by atoms with E-state index < -0.39 is 0 Å². The quantitative estimate of drug-likeness (QED) is 0.414. The maximum Gasteiger partial charge on any atom is 0.338 e. The largest absolute Gasteiger partial charge is 0.461 e. The number of hydrogen-bond acceptors (Lipinski definition) is 8. The van der Waals surface area contributed by atoms with Gasteiger partial charge in [0.1, 0.15) is 13.2 Å². The number of hydrogen-bond donors (Lipinski definition) is 0. The minimum atomic E-state index is -0.311. The zero-order chi connectivity index (χ0) is 25.1. The van der Waals surface area contributed by atoms with Crippen molar-refractivity contribution in [3.63, 3.8) is 0 Å². The minimum absolute atomic E-state index is 0.311. The fourth-order valence-corrected chi connectivity index (χ4v) is 3.11. The number of rotatable bonds is 13. The van der Waals surface area contributed by atoms with Gasteiger partial charge in [0.2, 0.25) is 0 Å². The van der Waals surface area contributed by atoms with Gasteiger partial charge in [-0.2, -0.15) is 0 Å². The predicted octanol–water partition coefficient (Wildman–Crippen LogP) is 2.70. The van der Waals surface area contributed by atoms with E-state index in [1.54, 1.807) is 24.3 Å². The fraction of sp³-hybridized carbons (Fsp3) is 0.462. The lowest BCUT2D eigenvalue weighted by Gasteiger charge is -2.21. The second-order valence-corrected chi connectivity index (χ2v) is 8.76. The Bertz CT molecular complexity index is 823. The second kappa shape index (κ2) is 13.6. The lowest BCUT2D eigenvalue weighted by Crippen LogP contribution is -2.34. The molecule has 2 aromatic rings. The molecule has 186 valence electrons. The van der Waals surface area contributed by atoms with Crippen molar-refractivity contribution in [2.45, 2.75) is 0 Å². The first-order valence-corrected chi connectivity index (χ1v) is 11.4. The molecule has 8 nitrogen and oxygen atoms in total. The molecule has 0 spiro atoms. The van der Waals surface area contributed by atoms with E-state index in [4.69, 9.17) is 9.47 Å². The Balaban J connectivity index is 1.60. The van der Waals surface area contributed by atoms with Crippen LogP contribution in [-0.4, -0.2) is 103 Å². The van der Waals surface area contributed by atoms with E-state index in [0.717, 1.165) is 24.5 Å². The number of carbonyl (C=O) groups is 2. The smallest absolute Gasteiger partial charge is 0.338 e. The molecule has 8 heteroatoms. The van der Waals surface area contributed by atoms with Crippen LogP contribution in [-0.2, 0) is 9.47 Å². The Morgan fingerprint density at radius 1 is 0.559 bits per heavy atom. The Morgan fingerprint density at radius 2 is 0.882 bits per heavy atom. The van der Waals surface area contributed by atoms with Gasteiger partial charge in [0.25, 0.3) is 0 Å². The average Bonchev–Trinajstić information content (AvgIpc) is 2.82. The molecular weight excluding hydrogens is 432 g/mol. The monoisotopic (exact) mass is 470 g/mol. The van der Waals surface area contributed by atoms with E-state index in [-0.39, 0.29) is 11.9 Å². The third kappa shape index (κ3) is 9.03. The second-order valence-electron chi connectivity index (χ2n) is 8.76. The first kappa shape index (κ1) is 27.1. The summed E-state index contributed by atoms with van der Waals surface area (Å²) in [6.45, 7) is 3.58. The Morgan fingerprint density at radius 3 is 1.18 bits per heavy atom. The molecule has 0 aromatic heterocycles. The SMILES string of the molecule is CN(CCOC(=O)c1ccc(N(C)C)cc1)CCN(C)CCOC(=O)c1ccc(N(C)C)cc1. The van der Waals surface area contributed by atoms with Gasteiger partial charge in [-0.1, -0.05) is 0 Å². The van der Waals surface area contributed by atoms with Crippen LogP contribution in [0.25, 0.3) is 0 Å². The molecule has 0 heterocycles. The van der Waals surface area contributed by atoms with E-state index in [0.29, 0.717) is 37.4 Å². The third-order valence-corrected chi connectivity index (χ3v) is 5.51. The first-order valence-electron chi connectivity index (χ1n) is 11.4. The Labute approximate surface area is 203 Å². The molecule has 0 radical (unpaired) electrons. The minimum Gasteiger partial charge on any atom is -0.461 e. The summed E-state index contributed by atoms with van der Waals surface area (Å²) in [6, 6.07) is 14.7. The number of carbonyl (C=O) groups excluding carboxylic acids is 2. The summed E-state index contributed by atoms with van der Waals surface area (Å²) < 4.78 is 10.8. The van der Waals surface area contributed by atoms with Gasteiger partial charge in [0.05, 0.1) is 11.1 Å². The first-order chi connectivity index (χ1) is 16.2. The van der Waals surface area contributed by atoms with Crippen molar-refractivity contribution in [1.82, 2.24) is 9.80 Å². The number of nitrogens with zero attached hydrogens (tertiary/aromatic N) is 4. The van der Waals surface area contributed by atoms with Crippen LogP contribution >= 0.6 is 0 Å². The van der Waals surface area contributed by atoms with Gasteiger partial charge in [-0.25, -0.2) is 9.59 Å². The topological polar surface area (TPSA) is 65.6 Å². The Kier molecular flexibility index (Phi) is 10.8. The molecule has 0 atom stereocenters. The van der Waals surface area contributed by atoms with Crippen molar-refractivity contribution in [2.24, 2.45) is 0 Å². The van der Waals surface area contributed by atoms with E-state index in [9.17, 15) is 9.59 Å². The van der Waals surface area contributed by atoms with Crippen molar-refractivity contribution in [3.8, 4) is 0 Å². The van der Waals surface area contributed by atoms with Crippen molar-refractivity contribution >= 4 is 23.3 Å². The predicted molar refractivity (Wildman–Crippen MR) is 137 cm³/mol. The maximum atomic E-state index is 12.2. The molecule has 34 heavy (non-hydrogen) atoms. The lowest BCUT2D eigenvalue weighted by atomic mass is 10.2. The molecule has 0 unspecified atom stereocenters. The van der Waals surface area contributed by atoms with Crippen molar-refractivity contribution in [1.29, 1.82) is 0 Å². The zero-order valence-electron chi connectivity index (χ0n) is 21.3. The molecule has 0 fully saturated rings. The molecule has 0 aliphatic carbocycles. The number of esters is 2. The van der Waals surface area contributed by atoms with Crippen LogP contribution in [0.4, 0.5) is 11.4 Å². The van der Waals surface area contributed by atoms with Gasteiger partial charge in [-0.3, -0.25) is 0 Å². The maximum absolute atomic E-state index is 12.2. The molecule has 2 rings (SSSR count). The fourth-order valence-electron chi connectivity index (χ4n) is 3.11. The van der Waals surface area contributed by atoms with Gasteiger partial charge >= 0.3 is 11.9 Å². The summed E-state index contributed by atoms with van der Waals surface area (Å²) in [7, 11) is 11.8. The van der Waals surface area contributed by atoms with Crippen LogP contribution in [0.2, 0.25) is 0 Å². The van der Waals surface area contributed by atoms with E-state index in [2.05, 4.69) is 9.80 Å². The van der Waals surface area contributed by atoms with Crippen LogP contribution in [0.5, 0.6) is 0 Å². The van der Waals surface area contributed by atoms with Gasteiger partial charge in [0.15, 0.2) is 0 Å². The highest BCUT2D eigenvalue weighted by Gasteiger charge is 2.10. The lowest BCUT2D eigenvalue weighted by molar-refractivity contribution is 0.0443. The van der Waals surface area contributed by atoms with Gasteiger partial charge in [-0.15, -0.1) is 0 Å². The number of benzene rings is 2. The zero-order valence-corrected chi connectivity index (χ0v) is 21.3. The summed E-state index contributed by atoms with van der Waals surface area (Å²) in [5, 5.41) is 0. The van der Waals surface area contributed by atoms with Crippen LogP contribution in [0.1, 0.15) is 20.7 Å². The Hall–Kier alpha value is -3.10. The molecule has 0 amide bonds. The van der Waals surface area contributed by atoms with Crippen LogP contribution in [0.3, 0.4) is 0 Å². The highest BCUT2D eigenvalue weighted by Crippen LogP contribution is 2.14. The third-order valence-electron chi connectivity index (χ3n) is 5.51. The van der Waals surface area contributed by atoms with Gasteiger partial charge in [0, 0.05) is 65.7 Å². The van der Waals surface area contributed by atoms with Crippen LogP contribution in [0.15, 0.2) is 48.5 Å². The molecule has 0 saturated carbocycles. The summed E-state index contributed by atoms with van der Waals surface area (Å²) in [5.41, 5.74) is 3.18. The molecule has 0 aliphatic rings. The molecule has 0 saturated heterocycles. The number of ether oxygens (including phenoxy) is 2. The van der Waals surface area contributed by atoms with Crippen molar-refractivity contribution < 1.29 is 19.1 Å². The summed E-state index contributed by atoms with van der Waals surface area (Å²) in [5.74, 6) is -0.622. The summed E-state index contributed by atoms with van der Waals surface area (Å²) in [6.07, 6.45) is 0.